The Morgan fingerprint density at radius 1 is 1.33 bits per heavy atom. The first kappa shape index (κ1) is 14.9. The van der Waals surface area contributed by atoms with E-state index in [1.54, 1.807) is 0 Å². The van der Waals surface area contributed by atoms with E-state index in [9.17, 15) is 0 Å². The molecule has 1 aromatic carbocycles. The average molecular weight is 287 g/mol. The lowest BCUT2D eigenvalue weighted by Crippen LogP contribution is -2.42. The second-order valence-electron chi connectivity index (χ2n) is 7.49. The van der Waals surface area contributed by atoms with E-state index in [1.807, 2.05) is 0 Å². The number of fused-ring (bicyclic) bond motifs is 1. The van der Waals surface area contributed by atoms with E-state index in [4.69, 9.17) is 10.5 Å². The summed E-state index contributed by atoms with van der Waals surface area (Å²) in [7, 11) is 0. The molecule has 0 aromatic heterocycles. The molecule has 21 heavy (non-hydrogen) atoms. The van der Waals surface area contributed by atoms with Crippen molar-refractivity contribution in [3.8, 4) is 5.75 Å². The van der Waals surface area contributed by atoms with Gasteiger partial charge in [0.15, 0.2) is 0 Å². The Bertz CT molecular complexity index is 496. The Kier molecular flexibility index (Phi) is 4.26. The third kappa shape index (κ3) is 3.11. The smallest absolute Gasteiger partial charge is 0.127 e. The summed E-state index contributed by atoms with van der Waals surface area (Å²) in [4.78, 5) is 0. The molecule has 1 heterocycles. The largest absolute Gasteiger partial charge is 0.493 e. The van der Waals surface area contributed by atoms with E-state index >= 15 is 0 Å². The first-order chi connectivity index (χ1) is 10.1. The van der Waals surface area contributed by atoms with Crippen LogP contribution in [-0.4, -0.2) is 6.61 Å². The third-order valence-corrected chi connectivity index (χ3v) is 5.16. The molecule has 0 amide bonds. The van der Waals surface area contributed by atoms with Crippen LogP contribution in [0, 0.1) is 11.8 Å². The molecule has 2 atom stereocenters. The van der Waals surface area contributed by atoms with Gasteiger partial charge in [-0.15, -0.1) is 0 Å². The van der Waals surface area contributed by atoms with Crippen LogP contribution in [0.25, 0.3) is 0 Å². The van der Waals surface area contributed by atoms with E-state index < -0.39 is 0 Å². The number of benzene rings is 1. The number of nitrogens with two attached hydrogens (primary N) is 1. The van der Waals surface area contributed by atoms with Crippen molar-refractivity contribution in [2.24, 2.45) is 17.6 Å². The fraction of sp³-hybridized carbons (Fsp3) is 0.684. The molecule has 1 fully saturated rings. The lowest BCUT2D eigenvalue weighted by molar-refractivity contribution is 0.193. The van der Waals surface area contributed by atoms with Crippen LogP contribution in [0.3, 0.4) is 0 Å². The summed E-state index contributed by atoms with van der Waals surface area (Å²) in [5, 5.41) is 0. The number of hydrogen-bond donors (Lipinski definition) is 1. The summed E-state index contributed by atoms with van der Waals surface area (Å²) in [6.07, 6.45) is 8.37. The van der Waals surface area contributed by atoms with Gasteiger partial charge in [-0.05, 0) is 49.5 Å². The molecule has 2 aliphatic rings. The SMILES string of the molecule is CC(C)CC1CCCC(N)(c2cccc3c2OCCC3)C1. The Balaban J connectivity index is 1.88. The monoisotopic (exact) mass is 287 g/mol. The van der Waals surface area contributed by atoms with Gasteiger partial charge in [-0.2, -0.15) is 0 Å². The van der Waals surface area contributed by atoms with E-state index in [0.717, 1.165) is 49.9 Å². The topological polar surface area (TPSA) is 35.2 Å². The highest BCUT2D eigenvalue weighted by Gasteiger charge is 2.37. The highest BCUT2D eigenvalue weighted by molar-refractivity contribution is 5.46. The van der Waals surface area contributed by atoms with Crippen molar-refractivity contribution in [2.45, 2.75) is 64.3 Å². The van der Waals surface area contributed by atoms with Crippen LogP contribution in [-0.2, 0) is 12.0 Å². The molecule has 0 saturated heterocycles. The lowest BCUT2D eigenvalue weighted by atomic mass is 9.70. The molecule has 3 rings (SSSR count). The Hall–Kier alpha value is -1.02. The minimum Gasteiger partial charge on any atom is -0.493 e. The Labute approximate surface area is 129 Å². The summed E-state index contributed by atoms with van der Waals surface area (Å²) >= 11 is 0. The average Bonchev–Trinajstić information content (AvgIpc) is 2.46. The number of hydrogen-bond acceptors (Lipinski definition) is 2. The van der Waals surface area contributed by atoms with Gasteiger partial charge in [-0.1, -0.05) is 44.9 Å². The van der Waals surface area contributed by atoms with Crippen LogP contribution >= 0.6 is 0 Å². The highest BCUT2D eigenvalue weighted by Crippen LogP contribution is 2.45. The maximum atomic E-state index is 6.89. The van der Waals surface area contributed by atoms with Gasteiger partial charge < -0.3 is 10.5 Å². The third-order valence-electron chi connectivity index (χ3n) is 5.16. The van der Waals surface area contributed by atoms with E-state index in [1.165, 1.54) is 30.4 Å². The van der Waals surface area contributed by atoms with Gasteiger partial charge in [0.2, 0.25) is 0 Å². The maximum absolute atomic E-state index is 6.89. The first-order valence-electron chi connectivity index (χ1n) is 8.62. The molecule has 0 bridgehead atoms. The molecule has 1 saturated carbocycles. The fourth-order valence-electron chi connectivity index (χ4n) is 4.32. The van der Waals surface area contributed by atoms with Crippen molar-refractivity contribution in [2.75, 3.05) is 6.61 Å². The predicted octanol–water partition coefficient (Wildman–Crippen LogP) is 4.40. The fourth-order valence-corrected chi connectivity index (χ4v) is 4.32. The van der Waals surface area contributed by atoms with E-state index in [0.29, 0.717) is 0 Å². The van der Waals surface area contributed by atoms with Gasteiger partial charge >= 0.3 is 0 Å². The molecule has 0 spiro atoms. The van der Waals surface area contributed by atoms with Gasteiger partial charge in [0.25, 0.3) is 0 Å². The van der Waals surface area contributed by atoms with Crippen molar-refractivity contribution >= 4 is 0 Å². The summed E-state index contributed by atoms with van der Waals surface area (Å²) in [6, 6.07) is 6.58. The standard InChI is InChI=1S/C19H29NO/c1-14(2)12-15-6-4-10-19(20,13-15)17-9-3-7-16-8-5-11-21-18(16)17/h3,7,9,14-15H,4-6,8,10-13,20H2,1-2H3. The molecule has 1 aliphatic carbocycles. The van der Waals surface area contributed by atoms with Crippen LogP contribution in [0.15, 0.2) is 18.2 Å². The zero-order valence-corrected chi connectivity index (χ0v) is 13.5. The van der Waals surface area contributed by atoms with E-state index in [-0.39, 0.29) is 5.54 Å². The minimum atomic E-state index is -0.180. The second-order valence-corrected chi connectivity index (χ2v) is 7.49. The summed E-state index contributed by atoms with van der Waals surface area (Å²) in [5.41, 5.74) is 9.34. The lowest BCUT2D eigenvalue weighted by Gasteiger charge is -2.40. The summed E-state index contributed by atoms with van der Waals surface area (Å²) in [5.74, 6) is 2.64. The van der Waals surface area contributed by atoms with Crippen LogP contribution in [0.1, 0.15) is 63.5 Å². The van der Waals surface area contributed by atoms with Gasteiger partial charge in [-0.25, -0.2) is 0 Å². The summed E-state index contributed by atoms with van der Waals surface area (Å²) in [6.45, 7) is 5.48. The van der Waals surface area contributed by atoms with Crippen LogP contribution in [0.5, 0.6) is 5.75 Å². The number of aryl methyl sites for hydroxylation is 1. The van der Waals surface area contributed by atoms with Gasteiger partial charge in [0.05, 0.1) is 6.61 Å². The van der Waals surface area contributed by atoms with Gasteiger partial charge in [0, 0.05) is 11.1 Å². The molecular weight excluding hydrogens is 258 g/mol. The predicted molar refractivity (Wildman–Crippen MR) is 87.5 cm³/mol. The number of ether oxygens (including phenoxy) is 1. The first-order valence-corrected chi connectivity index (χ1v) is 8.62. The molecule has 2 unspecified atom stereocenters. The Morgan fingerprint density at radius 2 is 2.19 bits per heavy atom. The molecule has 2 nitrogen and oxygen atoms in total. The number of rotatable bonds is 3. The molecule has 0 radical (unpaired) electrons. The molecular formula is C19H29NO. The van der Waals surface area contributed by atoms with Crippen molar-refractivity contribution in [3.63, 3.8) is 0 Å². The molecule has 1 aliphatic heterocycles. The molecule has 116 valence electrons. The van der Waals surface area contributed by atoms with Gasteiger partial charge in [0.1, 0.15) is 5.75 Å². The van der Waals surface area contributed by atoms with Crippen molar-refractivity contribution in [1.29, 1.82) is 0 Å². The zero-order chi connectivity index (χ0) is 14.9. The van der Waals surface area contributed by atoms with Gasteiger partial charge in [-0.3, -0.25) is 0 Å². The molecule has 1 aromatic rings. The molecule has 2 heteroatoms. The quantitative estimate of drug-likeness (QED) is 0.894. The zero-order valence-electron chi connectivity index (χ0n) is 13.5. The van der Waals surface area contributed by atoms with Crippen LogP contribution in [0.2, 0.25) is 0 Å². The van der Waals surface area contributed by atoms with Crippen LogP contribution < -0.4 is 10.5 Å². The highest BCUT2D eigenvalue weighted by atomic mass is 16.5. The van der Waals surface area contributed by atoms with Crippen molar-refractivity contribution in [3.05, 3.63) is 29.3 Å². The van der Waals surface area contributed by atoms with Crippen LogP contribution in [0.4, 0.5) is 0 Å². The van der Waals surface area contributed by atoms with Crippen molar-refractivity contribution in [1.82, 2.24) is 0 Å². The summed E-state index contributed by atoms with van der Waals surface area (Å²) < 4.78 is 6.01. The molecule has 2 N–H and O–H groups in total. The maximum Gasteiger partial charge on any atom is 0.127 e. The normalized spacial score (nSPS) is 29.0. The Morgan fingerprint density at radius 3 is 3.00 bits per heavy atom. The van der Waals surface area contributed by atoms with E-state index in [2.05, 4.69) is 32.0 Å². The second kappa shape index (κ2) is 6.00. The number of para-hydroxylation sites is 1. The van der Waals surface area contributed by atoms with Crippen molar-refractivity contribution < 1.29 is 4.74 Å². The minimum absolute atomic E-state index is 0.180.